The maximum atomic E-state index is 12.1. The summed E-state index contributed by atoms with van der Waals surface area (Å²) in [6.45, 7) is 0. The summed E-state index contributed by atoms with van der Waals surface area (Å²) < 4.78 is 0.749. The Morgan fingerprint density at radius 2 is 2.11 bits per heavy atom. The first kappa shape index (κ1) is 12.1. The maximum absolute atomic E-state index is 12.1. The Morgan fingerprint density at radius 1 is 1.39 bits per heavy atom. The molecule has 1 amide bonds. The number of aromatic nitrogens is 1. The Kier molecular flexibility index (Phi) is 3.35. The van der Waals surface area contributed by atoms with Gasteiger partial charge in [-0.15, -0.1) is 0 Å². The number of halogens is 1. The van der Waals surface area contributed by atoms with Crippen molar-refractivity contribution in [2.75, 3.05) is 0 Å². The summed E-state index contributed by atoms with van der Waals surface area (Å²) in [5.74, 6) is -0.0752. The molecule has 2 atom stereocenters. The molecule has 4 nitrogen and oxygen atoms in total. The fourth-order valence-corrected chi connectivity index (χ4v) is 3.42. The van der Waals surface area contributed by atoms with Crippen LogP contribution in [0.2, 0.25) is 0 Å². The highest BCUT2D eigenvalue weighted by Gasteiger charge is 2.34. The number of fused-ring (bicyclic) bond motifs is 2. The van der Waals surface area contributed by atoms with E-state index < -0.39 is 0 Å². The number of hydrogen-bond donors (Lipinski definition) is 2. The van der Waals surface area contributed by atoms with E-state index in [9.17, 15) is 4.79 Å². The molecule has 2 unspecified atom stereocenters. The molecule has 0 spiro atoms. The minimum absolute atomic E-state index is 0.0752. The van der Waals surface area contributed by atoms with E-state index in [0.717, 1.165) is 17.3 Å². The number of hydrogen-bond acceptors (Lipinski definition) is 3. The molecular weight excluding hydrogens is 294 g/mol. The van der Waals surface area contributed by atoms with Crippen molar-refractivity contribution in [3.63, 3.8) is 0 Å². The molecule has 3 rings (SSSR count). The lowest BCUT2D eigenvalue weighted by molar-refractivity contribution is 0.0918. The van der Waals surface area contributed by atoms with Crippen LogP contribution in [0, 0.1) is 0 Å². The van der Waals surface area contributed by atoms with Gasteiger partial charge in [0.1, 0.15) is 5.69 Å². The van der Waals surface area contributed by atoms with E-state index in [2.05, 4.69) is 31.5 Å². The van der Waals surface area contributed by atoms with E-state index in [-0.39, 0.29) is 11.9 Å². The van der Waals surface area contributed by atoms with Gasteiger partial charge < -0.3 is 10.6 Å². The first-order chi connectivity index (χ1) is 8.72. The summed E-state index contributed by atoms with van der Waals surface area (Å²) in [5, 5.41) is 6.67. The smallest absolute Gasteiger partial charge is 0.271 e. The molecule has 0 radical (unpaired) electrons. The normalized spacial score (nSPS) is 30.2. The number of carbonyl (C=O) groups is 1. The van der Waals surface area contributed by atoms with Crippen LogP contribution >= 0.6 is 15.9 Å². The highest BCUT2D eigenvalue weighted by atomic mass is 79.9. The Labute approximate surface area is 115 Å². The average molecular weight is 310 g/mol. The van der Waals surface area contributed by atoms with E-state index >= 15 is 0 Å². The van der Waals surface area contributed by atoms with Crippen LogP contribution in [0.15, 0.2) is 22.8 Å². The van der Waals surface area contributed by atoms with Crippen LogP contribution in [0.3, 0.4) is 0 Å². The topological polar surface area (TPSA) is 54.0 Å². The molecular formula is C13H16BrN3O. The zero-order valence-electron chi connectivity index (χ0n) is 10.0. The summed E-state index contributed by atoms with van der Waals surface area (Å²) >= 11 is 3.36. The Balaban J connectivity index is 1.66. The molecule has 0 aliphatic carbocycles. The first-order valence-corrected chi connectivity index (χ1v) is 7.19. The maximum Gasteiger partial charge on any atom is 0.271 e. The molecule has 2 fully saturated rings. The molecule has 1 aromatic rings. The van der Waals surface area contributed by atoms with Crippen LogP contribution in [0.25, 0.3) is 0 Å². The van der Waals surface area contributed by atoms with Crippen molar-refractivity contribution in [3.8, 4) is 0 Å². The Bertz CT molecular complexity index is 453. The van der Waals surface area contributed by atoms with Crippen molar-refractivity contribution in [2.24, 2.45) is 0 Å². The molecule has 1 aromatic heterocycles. The Morgan fingerprint density at radius 3 is 2.78 bits per heavy atom. The van der Waals surface area contributed by atoms with Crippen LogP contribution in [0.4, 0.5) is 0 Å². The minimum atomic E-state index is -0.0752. The fourth-order valence-electron chi connectivity index (χ4n) is 2.98. The lowest BCUT2D eigenvalue weighted by Gasteiger charge is -2.29. The fraction of sp³-hybridized carbons (Fsp3) is 0.538. The summed E-state index contributed by atoms with van der Waals surface area (Å²) in [4.78, 5) is 16.3. The van der Waals surface area contributed by atoms with Gasteiger partial charge in [0, 0.05) is 28.8 Å². The number of pyridine rings is 1. The van der Waals surface area contributed by atoms with Crippen molar-refractivity contribution in [1.82, 2.24) is 15.6 Å². The average Bonchev–Trinajstić information content (AvgIpc) is 2.69. The van der Waals surface area contributed by atoms with Gasteiger partial charge in [0.25, 0.3) is 5.91 Å². The lowest BCUT2D eigenvalue weighted by Crippen LogP contribution is -2.48. The van der Waals surface area contributed by atoms with Gasteiger partial charge in [-0.05, 0) is 53.7 Å². The third kappa shape index (κ3) is 2.42. The SMILES string of the molecule is O=C(NC1CC2CCC(C1)N2)c1ncccc1Br. The van der Waals surface area contributed by atoms with E-state index in [1.54, 1.807) is 6.20 Å². The third-order valence-electron chi connectivity index (χ3n) is 3.78. The summed E-state index contributed by atoms with van der Waals surface area (Å²) in [6.07, 6.45) is 6.19. The number of piperidine rings is 1. The molecule has 3 heterocycles. The van der Waals surface area contributed by atoms with Gasteiger partial charge in [0.2, 0.25) is 0 Å². The molecule has 2 aliphatic rings. The van der Waals surface area contributed by atoms with Gasteiger partial charge in [-0.1, -0.05) is 0 Å². The van der Waals surface area contributed by atoms with Gasteiger partial charge in [0.15, 0.2) is 0 Å². The van der Waals surface area contributed by atoms with Gasteiger partial charge in [-0.3, -0.25) is 4.79 Å². The largest absolute Gasteiger partial charge is 0.348 e. The highest BCUT2D eigenvalue weighted by Crippen LogP contribution is 2.27. The van der Waals surface area contributed by atoms with Gasteiger partial charge >= 0.3 is 0 Å². The summed E-state index contributed by atoms with van der Waals surface area (Å²) in [7, 11) is 0. The Hall–Kier alpha value is -0.940. The quantitative estimate of drug-likeness (QED) is 0.877. The molecule has 18 heavy (non-hydrogen) atoms. The van der Waals surface area contributed by atoms with Crippen molar-refractivity contribution in [2.45, 2.75) is 43.8 Å². The molecule has 2 aliphatic heterocycles. The predicted molar refractivity (Wildman–Crippen MR) is 72.4 cm³/mol. The highest BCUT2D eigenvalue weighted by molar-refractivity contribution is 9.10. The van der Waals surface area contributed by atoms with Crippen LogP contribution in [0.1, 0.15) is 36.2 Å². The number of rotatable bonds is 2. The van der Waals surface area contributed by atoms with Crippen LogP contribution < -0.4 is 10.6 Å². The molecule has 2 N–H and O–H groups in total. The van der Waals surface area contributed by atoms with E-state index in [4.69, 9.17) is 0 Å². The molecule has 2 bridgehead atoms. The van der Waals surface area contributed by atoms with Crippen molar-refractivity contribution < 1.29 is 4.79 Å². The summed E-state index contributed by atoms with van der Waals surface area (Å²) in [6, 6.07) is 5.10. The van der Waals surface area contributed by atoms with Crippen LogP contribution in [0.5, 0.6) is 0 Å². The number of amides is 1. The van der Waals surface area contributed by atoms with Gasteiger partial charge in [-0.2, -0.15) is 0 Å². The zero-order chi connectivity index (χ0) is 12.5. The van der Waals surface area contributed by atoms with Crippen LogP contribution in [-0.4, -0.2) is 29.0 Å². The van der Waals surface area contributed by atoms with Crippen molar-refractivity contribution in [1.29, 1.82) is 0 Å². The zero-order valence-corrected chi connectivity index (χ0v) is 11.6. The van der Waals surface area contributed by atoms with Crippen molar-refractivity contribution >= 4 is 21.8 Å². The third-order valence-corrected chi connectivity index (χ3v) is 4.42. The van der Waals surface area contributed by atoms with Crippen molar-refractivity contribution in [3.05, 3.63) is 28.5 Å². The lowest BCUT2D eigenvalue weighted by atomic mass is 10.00. The second kappa shape index (κ2) is 4.97. The molecule has 5 heteroatoms. The molecule has 2 saturated heterocycles. The second-order valence-corrected chi connectivity index (χ2v) is 5.97. The number of carbonyl (C=O) groups excluding carboxylic acids is 1. The van der Waals surface area contributed by atoms with E-state index in [0.29, 0.717) is 17.8 Å². The predicted octanol–water partition coefficient (Wildman–Crippen LogP) is 1.86. The van der Waals surface area contributed by atoms with Crippen LogP contribution in [-0.2, 0) is 0 Å². The monoisotopic (exact) mass is 309 g/mol. The second-order valence-electron chi connectivity index (χ2n) is 5.11. The number of nitrogens with zero attached hydrogens (tertiary/aromatic N) is 1. The van der Waals surface area contributed by atoms with Gasteiger partial charge in [-0.25, -0.2) is 4.98 Å². The molecule has 0 saturated carbocycles. The minimum Gasteiger partial charge on any atom is -0.348 e. The summed E-state index contributed by atoms with van der Waals surface area (Å²) in [5.41, 5.74) is 0.475. The standard InChI is InChI=1S/C13H16BrN3O/c14-11-2-1-5-15-12(11)13(18)17-10-6-8-3-4-9(7-10)16-8/h1-2,5,8-10,16H,3-4,6-7H2,(H,17,18). The number of nitrogens with one attached hydrogen (secondary N) is 2. The van der Waals surface area contributed by atoms with E-state index in [1.807, 2.05) is 12.1 Å². The molecule has 0 aromatic carbocycles. The molecule has 96 valence electrons. The first-order valence-electron chi connectivity index (χ1n) is 6.40. The van der Waals surface area contributed by atoms with E-state index in [1.165, 1.54) is 12.8 Å². The van der Waals surface area contributed by atoms with Gasteiger partial charge in [0.05, 0.1) is 0 Å².